The van der Waals surface area contributed by atoms with Crippen LogP contribution < -0.4 is 5.32 Å². The predicted octanol–water partition coefficient (Wildman–Crippen LogP) is 2.95. The number of rotatable bonds is 5. The van der Waals surface area contributed by atoms with Crippen LogP contribution in [0.5, 0.6) is 0 Å². The van der Waals surface area contributed by atoms with Crippen molar-refractivity contribution in [3.8, 4) is 0 Å². The first-order valence-electron chi connectivity index (χ1n) is 6.44. The summed E-state index contributed by atoms with van der Waals surface area (Å²) in [6, 6.07) is 12.0. The van der Waals surface area contributed by atoms with Gasteiger partial charge >= 0.3 is 0 Å². The molecule has 0 aliphatic heterocycles. The Kier molecular flexibility index (Phi) is 4.47. The van der Waals surface area contributed by atoms with Crippen LogP contribution in [0.2, 0.25) is 0 Å². The van der Waals surface area contributed by atoms with Gasteiger partial charge in [0.25, 0.3) is 0 Å². The van der Waals surface area contributed by atoms with Crippen molar-refractivity contribution in [2.75, 3.05) is 19.0 Å². The Hall–Kier alpha value is -1.94. The van der Waals surface area contributed by atoms with Crippen molar-refractivity contribution in [3.63, 3.8) is 0 Å². The minimum absolute atomic E-state index is 0.224. The first kappa shape index (κ1) is 13.5. The molecule has 0 amide bonds. The van der Waals surface area contributed by atoms with E-state index in [4.69, 9.17) is 4.74 Å². The van der Waals surface area contributed by atoms with Gasteiger partial charge in [0, 0.05) is 25.4 Å². The first-order valence-corrected chi connectivity index (χ1v) is 6.44. The van der Waals surface area contributed by atoms with E-state index < -0.39 is 0 Å². The Morgan fingerprint density at radius 2 is 1.95 bits per heavy atom. The fourth-order valence-corrected chi connectivity index (χ4v) is 1.95. The molecule has 1 aromatic carbocycles. The molecule has 19 heavy (non-hydrogen) atoms. The maximum atomic E-state index is 5.82. The summed E-state index contributed by atoms with van der Waals surface area (Å²) in [5, 5.41) is 3.05. The van der Waals surface area contributed by atoms with Gasteiger partial charge in [-0.25, -0.2) is 9.97 Å². The van der Waals surface area contributed by atoms with Crippen molar-refractivity contribution in [1.82, 2.24) is 9.97 Å². The topological polar surface area (TPSA) is 47.0 Å². The summed E-state index contributed by atoms with van der Waals surface area (Å²) < 4.78 is 5.82. The fourth-order valence-electron chi connectivity index (χ4n) is 1.95. The molecule has 100 valence electrons. The second kappa shape index (κ2) is 6.29. The van der Waals surface area contributed by atoms with Crippen LogP contribution in [0.15, 0.2) is 36.4 Å². The molecule has 4 heteroatoms. The molecular formula is C15H19N3O. The van der Waals surface area contributed by atoms with E-state index in [1.807, 2.05) is 57.3 Å². The van der Waals surface area contributed by atoms with E-state index in [0.29, 0.717) is 12.4 Å². The van der Waals surface area contributed by atoms with Crippen LogP contribution in [0.4, 0.5) is 5.82 Å². The smallest absolute Gasteiger partial charge is 0.164 e. The second-order valence-electron chi connectivity index (χ2n) is 4.25. The van der Waals surface area contributed by atoms with Crippen LogP contribution in [-0.4, -0.2) is 23.6 Å². The highest BCUT2D eigenvalue weighted by Gasteiger charge is 2.18. The zero-order valence-electron chi connectivity index (χ0n) is 11.6. The molecule has 1 N–H and O–H groups in total. The molecule has 4 nitrogen and oxygen atoms in total. The van der Waals surface area contributed by atoms with Gasteiger partial charge < -0.3 is 10.1 Å². The summed E-state index contributed by atoms with van der Waals surface area (Å²) >= 11 is 0. The number of ether oxygens (including phenoxy) is 1. The van der Waals surface area contributed by atoms with E-state index in [1.165, 1.54) is 0 Å². The minimum atomic E-state index is -0.224. The van der Waals surface area contributed by atoms with Crippen molar-refractivity contribution in [2.45, 2.75) is 20.0 Å². The number of nitrogens with zero attached hydrogens (tertiary/aromatic N) is 2. The number of aromatic nitrogens is 2. The summed E-state index contributed by atoms with van der Waals surface area (Å²) in [6.07, 6.45) is -0.224. The summed E-state index contributed by atoms with van der Waals surface area (Å²) in [4.78, 5) is 9.00. The number of aryl methyl sites for hydroxylation is 1. The Bertz CT molecular complexity index is 528. The van der Waals surface area contributed by atoms with E-state index in [9.17, 15) is 0 Å². The monoisotopic (exact) mass is 257 g/mol. The van der Waals surface area contributed by atoms with Crippen molar-refractivity contribution in [1.29, 1.82) is 0 Å². The zero-order chi connectivity index (χ0) is 13.7. The second-order valence-corrected chi connectivity index (χ2v) is 4.25. The number of hydrogen-bond acceptors (Lipinski definition) is 4. The zero-order valence-corrected chi connectivity index (χ0v) is 11.6. The number of benzene rings is 1. The molecule has 2 aromatic rings. The molecule has 1 aromatic heterocycles. The maximum Gasteiger partial charge on any atom is 0.164 e. The van der Waals surface area contributed by atoms with Gasteiger partial charge in [0.1, 0.15) is 11.9 Å². The third-order valence-corrected chi connectivity index (χ3v) is 2.80. The molecule has 0 radical (unpaired) electrons. The Morgan fingerprint density at radius 1 is 1.21 bits per heavy atom. The van der Waals surface area contributed by atoms with Gasteiger partial charge in [-0.1, -0.05) is 30.3 Å². The van der Waals surface area contributed by atoms with Crippen LogP contribution >= 0.6 is 0 Å². The van der Waals surface area contributed by atoms with Gasteiger partial charge in [0.15, 0.2) is 5.82 Å². The summed E-state index contributed by atoms with van der Waals surface area (Å²) in [6.45, 7) is 4.55. The number of anilines is 1. The van der Waals surface area contributed by atoms with Crippen LogP contribution in [-0.2, 0) is 4.74 Å². The van der Waals surface area contributed by atoms with E-state index in [0.717, 1.165) is 17.1 Å². The Balaban J connectivity index is 2.41. The largest absolute Gasteiger partial charge is 0.373 e. The van der Waals surface area contributed by atoms with Crippen molar-refractivity contribution >= 4 is 5.82 Å². The number of nitrogens with one attached hydrogen (secondary N) is 1. The lowest BCUT2D eigenvalue weighted by atomic mass is 10.1. The molecule has 0 spiro atoms. The SMILES string of the molecule is CCOC(c1ccccc1)c1nc(C)cc(NC)n1. The average molecular weight is 257 g/mol. The third kappa shape index (κ3) is 3.29. The highest BCUT2D eigenvalue weighted by Crippen LogP contribution is 2.24. The molecule has 0 bridgehead atoms. The van der Waals surface area contributed by atoms with Crippen LogP contribution in [0, 0.1) is 6.92 Å². The van der Waals surface area contributed by atoms with Crippen LogP contribution in [0.3, 0.4) is 0 Å². The molecule has 0 aliphatic carbocycles. The summed E-state index contributed by atoms with van der Waals surface area (Å²) in [5.41, 5.74) is 1.99. The van der Waals surface area contributed by atoms with Gasteiger partial charge in [-0.2, -0.15) is 0 Å². The van der Waals surface area contributed by atoms with Crippen LogP contribution in [0.1, 0.15) is 30.1 Å². The highest BCUT2D eigenvalue weighted by atomic mass is 16.5. The van der Waals surface area contributed by atoms with Crippen LogP contribution in [0.25, 0.3) is 0 Å². The van der Waals surface area contributed by atoms with E-state index in [-0.39, 0.29) is 6.10 Å². The summed E-state index contributed by atoms with van der Waals surface area (Å²) in [5.74, 6) is 1.50. The number of hydrogen-bond donors (Lipinski definition) is 1. The predicted molar refractivity (Wildman–Crippen MR) is 76.2 cm³/mol. The Labute approximate surface area is 113 Å². The highest BCUT2D eigenvalue weighted by molar-refractivity contribution is 5.36. The molecule has 0 fully saturated rings. The van der Waals surface area contributed by atoms with E-state index in [2.05, 4.69) is 15.3 Å². The maximum absolute atomic E-state index is 5.82. The minimum Gasteiger partial charge on any atom is -0.373 e. The quantitative estimate of drug-likeness (QED) is 0.894. The van der Waals surface area contributed by atoms with Gasteiger partial charge in [-0.05, 0) is 19.4 Å². The van der Waals surface area contributed by atoms with Crippen molar-refractivity contribution < 1.29 is 4.74 Å². The van der Waals surface area contributed by atoms with E-state index in [1.54, 1.807) is 0 Å². The lowest BCUT2D eigenvalue weighted by Gasteiger charge is -2.17. The molecular weight excluding hydrogens is 238 g/mol. The first-order chi connectivity index (χ1) is 9.24. The van der Waals surface area contributed by atoms with Gasteiger partial charge in [-0.15, -0.1) is 0 Å². The molecule has 1 atom stereocenters. The Morgan fingerprint density at radius 3 is 2.58 bits per heavy atom. The molecule has 2 rings (SSSR count). The van der Waals surface area contributed by atoms with Gasteiger partial charge in [0.2, 0.25) is 0 Å². The normalized spacial score (nSPS) is 12.2. The molecule has 1 unspecified atom stereocenters. The molecule has 0 saturated carbocycles. The lowest BCUT2D eigenvalue weighted by molar-refractivity contribution is 0.0851. The lowest BCUT2D eigenvalue weighted by Crippen LogP contribution is -2.12. The molecule has 0 saturated heterocycles. The third-order valence-electron chi connectivity index (χ3n) is 2.80. The van der Waals surface area contributed by atoms with Crippen molar-refractivity contribution in [2.24, 2.45) is 0 Å². The molecule has 1 heterocycles. The van der Waals surface area contributed by atoms with Crippen molar-refractivity contribution in [3.05, 3.63) is 53.5 Å². The molecule has 0 aliphatic rings. The van der Waals surface area contributed by atoms with Gasteiger partial charge in [-0.3, -0.25) is 0 Å². The van der Waals surface area contributed by atoms with Gasteiger partial charge in [0.05, 0.1) is 0 Å². The fraction of sp³-hybridized carbons (Fsp3) is 0.333. The summed E-state index contributed by atoms with van der Waals surface area (Å²) in [7, 11) is 1.85. The average Bonchev–Trinajstić information content (AvgIpc) is 2.45. The van der Waals surface area contributed by atoms with E-state index >= 15 is 0 Å². The standard InChI is InChI=1S/C15H19N3O/c1-4-19-14(12-8-6-5-7-9-12)15-17-11(2)10-13(16-3)18-15/h5-10,14H,4H2,1-3H3,(H,16,17,18).